The summed E-state index contributed by atoms with van der Waals surface area (Å²) in [5.41, 5.74) is 2.01. The van der Waals surface area contributed by atoms with Crippen LogP contribution < -0.4 is 5.32 Å². The monoisotopic (exact) mass is 293 g/mol. The molecule has 1 fully saturated rings. The van der Waals surface area contributed by atoms with E-state index in [1.807, 2.05) is 11.3 Å². The van der Waals surface area contributed by atoms with Crippen molar-refractivity contribution in [3.8, 4) is 0 Å². The molecule has 1 aliphatic carbocycles. The van der Waals surface area contributed by atoms with Crippen LogP contribution >= 0.6 is 11.3 Å². The topological polar surface area (TPSA) is 12.0 Å². The zero-order valence-corrected chi connectivity index (χ0v) is 14.6. The summed E-state index contributed by atoms with van der Waals surface area (Å²) in [4.78, 5) is 1.44. The van der Waals surface area contributed by atoms with Gasteiger partial charge in [-0.25, -0.2) is 0 Å². The zero-order valence-electron chi connectivity index (χ0n) is 13.8. The van der Waals surface area contributed by atoms with Crippen molar-refractivity contribution in [3.63, 3.8) is 0 Å². The molecule has 2 rings (SSSR count). The summed E-state index contributed by atoms with van der Waals surface area (Å²) in [5.74, 6) is 1.73. The van der Waals surface area contributed by atoms with Gasteiger partial charge in [0.05, 0.1) is 0 Å². The summed E-state index contributed by atoms with van der Waals surface area (Å²) in [6, 6.07) is 2.96. The lowest BCUT2D eigenvalue weighted by Crippen LogP contribution is -2.33. The second-order valence-corrected chi connectivity index (χ2v) is 8.62. The molecule has 0 saturated heterocycles. The van der Waals surface area contributed by atoms with Gasteiger partial charge >= 0.3 is 0 Å². The van der Waals surface area contributed by atoms with Crippen molar-refractivity contribution >= 4 is 11.3 Å². The molecule has 0 radical (unpaired) electrons. The smallest absolute Gasteiger partial charge is 0.0356 e. The molecule has 0 aliphatic heterocycles. The first-order chi connectivity index (χ1) is 9.41. The molecule has 1 atom stereocenters. The number of rotatable bonds is 4. The molecule has 1 N–H and O–H groups in total. The van der Waals surface area contributed by atoms with Crippen molar-refractivity contribution in [3.05, 3.63) is 21.9 Å². The molecule has 2 heteroatoms. The van der Waals surface area contributed by atoms with Crippen molar-refractivity contribution < 1.29 is 0 Å². The van der Waals surface area contributed by atoms with Gasteiger partial charge in [0, 0.05) is 10.9 Å². The predicted octanol–water partition coefficient (Wildman–Crippen LogP) is 5.56. The Bertz CT molecular complexity index is 407. The lowest BCUT2D eigenvalue weighted by Gasteiger charge is -2.39. The van der Waals surface area contributed by atoms with Gasteiger partial charge in [-0.05, 0) is 73.4 Å². The quantitative estimate of drug-likeness (QED) is 0.766. The molecule has 0 aromatic carbocycles. The van der Waals surface area contributed by atoms with Crippen molar-refractivity contribution in [2.75, 3.05) is 6.54 Å². The fraction of sp³-hybridized carbons (Fsp3) is 0.778. The fourth-order valence-electron chi connectivity index (χ4n) is 3.72. The van der Waals surface area contributed by atoms with Crippen molar-refractivity contribution in [2.24, 2.45) is 17.3 Å². The number of hydrogen-bond donors (Lipinski definition) is 1. The standard InChI is InChI=1S/C18H31NS/c1-6-19-17(15-11-13(2)20-12-15)14-7-9-16(10-8-14)18(3,4)5/h11-12,14,16-17,19H,6-10H2,1-5H3. The van der Waals surface area contributed by atoms with Gasteiger partial charge in [0.15, 0.2) is 0 Å². The average Bonchev–Trinajstić information content (AvgIpc) is 2.81. The van der Waals surface area contributed by atoms with Gasteiger partial charge in [0.25, 0.3) is 0 Å². The Morgan fingerprint density at radius 1 is 1.25 bits per heavy atom. The molecule has 1 aromatic heterocycles. The van der Waals surface area contributed by atoms with Gasteiger partial charge in [0.2, 0.25) is 0 Å². The van der Waals surface area contributed by atoms with E-state index >= 15 is 0 Å². The van der Waals surface area contributed by atoms with Crippen LogP contribution in [0, 0.1) is 24.2 Å². The molecule has 0 amide bonds. The number of hydrogen-bond acceptors (Lipinski definition) is 2. The van der Waals surface area contributed by atoms with Crippen LogP contribution in [0.25, 0.3) is 0 Å². The summed E-state index contributed by atoms with van der Waals surface area (Å²) in [6.45, 7) is 12.7. The summed E-state index contributed by atoms with van der Waals surface area (Å²) in [6.07, 6.45) is 5.57. The van der Waals surface area contributed by atoms with Crippen LogP contribution in [-0.4, -0.2) is 6.54 Å². The maximum atomic E-state index is 3.74. The Morgan fingerprint density at radius 3 is 2.35 bits per heavy atom. The first-order valence-electron chi connectivity index (χ1n) is 8.20. The number of thiophene rings is 1. The van der Waals surface area contributed by atoms with Crippen molar-refractivity contribution in [2.45, 2.75) is 66.3 Å². The van der Waals surface area contributed by atoms with E-state index < -0.39 is 0 Å². The summed E-state index contributed by atoms with van der Waals surface area (Å²) < 4.78 is 0. The van der Waals surface area contributed by atoms with E-state index in [0.29, 0.717) is 11.5 Å². The largest absolute Gasteiger partial charge is 0.310 e. The summed E-state index contributed by atoms with van der Waals surface area (Å²) >= 11 is 1.89. The van der Waals surface area contributed by atoms with E-state index in [1.165, 1.54) is 36.1 Å². The predicted molar refractivity (Wildman–Crippen MR) is 90.4 cm³/mol. The molecule has 1 heterocycles. The van der Waals surface area contributed by atoms with Gasteiger partial charge in [-0.3, -0.25) is 0 Å². The fourth-order valence-corrected chi connectivity index (χ4v) is 4.46. The highest BCUT2D eigenvalue weighted by molar-refractivity contribution is 7.10. The molecule has 114 valence electrons. The highest BCUT2D eigenvalue weighted by Crippen LogP contribution is 2.43. The van der Waals surface area contributed by atoms with E-state index in [2.05, 4.69) is 51.4 Å². The number of nitrogens with one attached hydrogen (secondary N) is 1. The van der Waals surface area contributed by atoms with E-state index in [4.69, 9.17) is 0 Å². The maximum absolute atomic E-state index is 3.74. The minimum atomic E-state index is 0.484. The molecule has 20 heavy (non-hydrogen) atoms. The Balaban J connectivity index is 2.02. The van der Waals surface area contributed by atoms with Crippen molar-refractivity contribution in [1.29, 1.82) is 0 Å². The molecule has 1 unspecified atom stereocenters. The first kappa shape index (κ1) is 16.0. The third kappa shape index (κ3) is 3.85. The van der Waals surface area contributed by atoms with Gasteiger partial charge in [-0.2, -0.15) is 0 Å². The molecule has 1 aliphatic rings. The third-order valence-electron chi connectivity index (χ3n) is 5.00. The molecule has 0 spiro atoms. The molecular formula is C18H31NS. The lowest BCUT2D eigenvalue weighted by atomic mass is 9.68. The van der Waals surface area contributed by atoms with Crippen LogP contribution in [-0.2, 0) is 0 Å². The molecule has 1 saturated carbocycles. The minimum Gasteiger partial charge on any atom is -0.310 e. The lowest BCUT2D eigenvalue weighted by molar-refractivity contribution is 0.133. The maximum Gasteiger partial charge on any atom is 0.0356 e. The second kappa shape index (κ2) is 6.62. The zero-order chi connectivity index (χ0) is 14.8. The highest BCUT2D eigenvalue weighted by atomic mass is 32.1. The van der Waals surface area contributed by atoms with Crippen LogP contribution in [0.1, 0.15) is 69.9 Å². The van der Waals surface area contributed by atoms with E-state index in [-0.39, 0.29) is 0 Å². The van der Waals surface area contributed by atoms with E-state index in [9.17, 15) is 0 Å². The van der Waals surface area contributed by atoms with Crippen LogP contribution in [0.15, 0.2) is 11.4 Å². The molecule has 1 aromatic rings. The summed E-state index contributed by atoms with van der Waals surface area (Å²) in [5, 5.41) is 6.10. The van der Waals surface area contributed by atoms with Gasteiger partial charge < -0.3 is 5.32 Å². The Morgan fingerprint density at radius 2 is 1.90 bits per heavy atom. The SMILES string of the molecule is CCNC(c1csc(C)c1)C1CCC(C(C)(C)C)CC1. The average molecular weight is 294 g/mol. The van der Waals surface area contributed by atoms with Crippen molar-refractivity contribution in [1.82, 2.24) is 5.32 Å². The first-order valence-corrected chi connectivity index (χ1v) is 9.08. The number of aryl methyl sites for hydroxylation is 1. The minimum absolute atomic E-state index is 0.484. The van der Waals surface area contributed by atoms with Gasteiger partial charge in [-0.1, -0.05) is 27.7 Å². The molecule has 1 nitrogen and oxygen atoms in total. The van der Waals surface area contributed by atoms with E-state index in [1.54, 1.807) is 0 Å². The van der Waals surface area contributed by atoms with Gasteiger partial charge in [-0.15, -0.1) is 11.3 Å². The van der Waals surface area contributed by atoms with Crippen LogP contribution in [0.4, 0.5) is 0 Å². The molecular weight excluding hydrogens is 262 g/mol. The third-order valence-corrected chi connectivity index (χ3v) is 5.88. The van der Waals surface area contributed by atoms with Crippen LogP contribution in [0.3, 0.4) is 0 Å². The van der Waals surface area contributed by atoms with E-state index in [0.717, 1.165) is 18.4 Å². The van der Waals surface area contributed by atoms with Gasteiger partial charge in [0.1, 0.15) is 0 Å². The van der Waals surface area contributed by atoms with Crippen LogP contribution in [0.2, 0.25) is 0 Å². The second-order valence-electron chi connectivity index (χ2n) is 7.50. The Hall–Kier alpha value is -0.340. The highest BCUT2D eigenvalue weighted by Gasteiger charge is 2.33. The molecule has 0 bridgehead atoms. The summed E-state index contributed by atoms with van der Waals surface area (Å²) in [7, 11) is 0. The Labute approximate surface area is 129 Å². The van der Waals surface area contributed by atoms with Crippen LogP contribution in [0.5, 0.6) is 0 Å². The normalized spacial score (nSPS) is 25.6. The Kier molecular flexibility index (Phi) is 5.30.